The number of nitrogens with one attached hydrogen (secondary N) is 3. The third-order valence-corrected chi connectivity index (χ3v) is 6.83. The normalized spacial score (nSPS) is 18.9. The van der Waals surface area contributed by atoms with Crippen LogP contribution in [-0.4, -0.2) is 88.0 Å². The van der Waals surface area contributed by atoms with Crippen molar-refractivity contribution in [1.82, 2.24) is 35.8 Å². The molecule has 236 valence electrons. The summed E-state index contributed by atoms with van der Waals surface area (Å²) in [7, 11) is 1.22. The zero-order valence-corrected chi connectivity index (χ0v) is 22.9. The first kappa shape index (κ1) is 31.9. The Morgan fingerprint density at radius 1 is 1.21 bits per heavy atom. The Kier molecular flexibility index (Phi) is 8.87. The number of aromatic nitrogens is 4. The topological polar surface area (TPSA) is 147 Å². The second-order valence-electron chi connectivity index (χ2n) is 9.83. The molecule has 1 aromatic carbocycles. The molecule has 3 heterocycles. The molecule has 0 spiro atoms. The van der Waals surface area contributed by atoms with Crippen LogP contribution in [0.25, 0.3) is 11.0 Å². The molecule has 0 saturated carbocycles. The predicted molar refractivity (Wildman–Crippen MR) is 131 cm³/mol. The number of halogens is 7. The standard InChI is InChI=1S/C24H26F7N7O5/c1-9-17(37-43-36-9)21(39)35-18(10(2)42-11(3)23(26,27)28)20-32-13-6-5-12(16(25)19(13)34-20)14(8-41-4)38-7-15(24(29,30)31)33-22(38)40/h5-6,10-11,14-15,18H,7-8H2,1-4H3,(H,32,34)(H,33,40)(H,35,39)/t10-,11-,14-,15+,18-/m1/s1. The number of amides is 3. The van der Waals surface area contributed by atoms with Crippen LogP contribution < -0.4 is 10.6 Å². The summed E-state index contributed by atoms with van der Waals surface area (Å²) < 4.78 is 110. The average Bonchev–Trinajstić information content (AvgIpc) is 3.64. The molecule has 3 aromatic rings. The van der Waals surface area contributed by atoms with Gasteiger partial charge in [0.15, 0.2) is 17.6 Å². The van der Waals surface area contributed by atoms with Gasteiger partial charge in [-0.25, -0.2) is 18.8 Å². The highest BCUT2D eigenvalue weighted by molar-refractivity contribution is 5.93. The number of aryl methyl sites for hydroxylation is 1. The van der Waals surface area contributed by atoms with E-state index in [-0.39, 0.29) is 40.4 Å². The van der Waals surface area contributed by atoms with Crippen LogP contribution in [0, 0.1) is 12.7 Å². The lowest BCUT2D eigenvalue weighted by Crippen LogP contribution is -2.41. The van der Waals surface area contributed by atoms with Gasteiger partial charge in [0.1, 0.15) is 29.1 Å². The first-order chi connectivity index (χ1) is 20.0. The molecule has 12 nitrogen and oxygen atoms in total. The molecule has 19 heteroatoms. The van der Waals surface area contributed by atoms with Gasteiger partial charge < -0.3 is 30.0 Å². The number of hydrogen-bond donors (Lipinski definition) is 3. The Morgan fingerprint density at radius 2 is 1.91 bits per heavy atom. The van der Waals surface area contributed by atoms with Gasteiger partial charge in [0.2, 0.25) is 0 Å². The summed E-state index contributed by atoms with van der Waals surface area (Å²) in [5.41, 5.74) is -0.746. The van der Waals surface area contributed by atoms with Gasteiger partial charge in [-0.05, 0) is 32.0 Å². The average molecular weight is 626 g/mol. The summed E-state index contributed by atoms with van der Waals surface area (Å²) in [5.74, 6) is -2.13. The third kappa shape index (κ3) is 6.66. The number of H-pyrrole nitrogens is 1. The zero-order valence-electron chi connectivity index (χ0n) is 22.9. The second-order valence-corrected chi connectivity index (χ2v) is 9.83. The predicted octanol–water partition coefficient (Wildman–Crippen LogP) is 3.86. The van der Waals surface area contributed by atoms with Crippen LogP contribution >= 0.6 is 0 Å². The number of methoxy groups -OCH3 is 1. The molecule has 1 aliphatic heterocycles. The van der Waals surface area contributed by atoms with E-state index in [4.69, 9.17) is 9.47 Å². The first-order valence-corrected chi connectivity index (χ1v) is 12.7. The summed E-state index contributed by atoms with van der Waals surface area (Å²) >= 11 is 0. The number of hydrogen-bond acceptors (Lipinski definition) is 8. The van der Waals surface area contributed by atoms with E-state index in [1.807, 2.05) is 5.32 Å². The molecular formula is C24H26F7N7O5. The van der Waals surface area contributed by atoms with E-state index >= 15 is 4.39 Å². The van der Waals surface area contributed by atoms with Crippen molar-refractivity contribution in [2.75, 3.05) is 20.3 Å². The van der Waals surface area contributed by atoms with Crippen molar-refractivity contribution in [3.8, 4) is 0 Å². The van der Waals surface area contributed by atoms with Crippen molar-refractivity contribution in [2.45, 2.75) is 63.5 Å². The molecular weight excluding hydrogens is 599 g/mol. The molecule has 0 radical (unpaired) electrons. The van der Waals surface area contributed by atoms with E-state index < -0.39 is 67.0 Å². The molecule has 0 aliphatic carbocycles. The number of alkyl halides is 6. The minimum Gasteiger partial charge on any atom is -0.382 e. The van der Waals surface area contributed by atoms with Crippen LogP contribution in [0.2, 0.25) is 0 Å². The molecule has 5 atom stereocenters. The summed E-state index contributed by atoms with van der Waals surface area (Å²) in [6.45, 7) is 2.22. The molecule has 0 bridgehead atoms. The third-order valence-electron chi connectivity index (χ3n) is 6.83. The highest BCUT2D eigenvalue weighted by Gasteiger charge is 2.49. The lowest BCUT2D eigenvalue weighted by molar-refractivity contribution is -0.227. The quantitative estimate of drug-likeness (QED) is 0.288. The Morgan fingerprint density at radius 3 is 2.47 bits per heavy atom. The van der Waals surface area contributed by atoms with Crippen molar-refractivity contribution in [2.24, 2.45) is 0 Å². The minimum absolute atomic E-state index is 0.0407. The second kappa shape index (κ2) is 11.9. The van der Waals surface area contributed by atoms with Crippen molar-refractivity contribution in [3.63, 3.8) is 0 Å². The molecule has 1 fully saturated rings. The number of benzene rings is 1. The Hall–Kier alpha value is -4.00. The smallest absolute Gasteiger partial charge is 0.382 e. The van der Waals surface area contributed by atoms with Gasteiger partial charge in [-0.2, -0.15) is 26.3 Å². The van der Waals surface area contributed by atoms with Crippen molar-refractivity contribution in [1.29, 1.82) is 0 Å². The van der Waals surface area contributed by atoms with Gasteiger partial charge in [-0.15, -0.1) is 0 Å². The molecule has 1 saturated heterocycles. The van der Waals surface area contributed by atoms with E-state index in [9.17, 15) is 35.9 Å². The molecule has 3 amide bonds. The number of fused-ring (bicyclic) bond motifs is 1. The van der Waals surface area contributed by atoms with Crippen molar-refractivity contribution < 1.29 is 54.4 Å². The van der Waals surface area contributed by atoms with Gasteiger partial charge in [0.25, 0.3) is 5.91 Å². The van der Waals surface area contributed by atoms with Crippen molar-refractivity contribution >= 4 is 23.0 Å². The van der Waals surface area contributed by atoms with Gasteiger partial charge in [0, 0.05) is 12.7 Å². The number of carbonyl (C=O) groups is 2. The zero-order chi connectivity index (χ0) is 31.9. The Labute approximate surface area is 238 Å². The fourth-order valence-electron chi connectivity index (χ4n) is 4.53. The largest absolute Gasteiger partial charge is 0.414 e. The number of imidazole rings is 1. The number of nitrogens with zero attached hydrogens (tertiary/aromatic N) is 4. The number of rotatable bonds is 10. The minimum atomic E-state index is -4.74. The maximum Gasteiger partial charge on any atom is 0.414 e. The Bertz CT molecular complexity index is 1470. The van der Waals surface area contributed by atoms with Gasteiger partial charge in [-0.1, -0.05) is 11.2 Å². The van der Waals surface area contributed by atoms with E-state index in [0.29, 0.717) is 0 Å². The number of urea groups is 1. The maximum atomic E-state index is 15.9. The molecule has 3 N–H and O–H groups in total. The summed E-state index contributed by atoms with van der Waals surface area (Å²) in [5, 5.41) is 11.2. The lowest BCUT2D eigenvalue weighted by atomic mass is 10.0. The van der Waals surface area contributed by atoms with Gasteiger partial charge in [-0.3, -0.25) is 4.79 Å². The van der Waals surface area contributed by atoms with E-state index in [2.05, 4.69) is 30.2 Å². The molecule has 43 heavy (non-hydrogen) atoms. The maximum absolute atomic E-state index is 15.9. The van der Waals surface area contributed by atoms with Crippen LogP contribution in [0.3, 0.4) is 0 Å². The SMILES string of the molecule is COC[C@H](c1ccc2nc([C@H](NC(=O)c3nonc3C)[C@@H](C)O[C@H](C)C(F)(F)F)[nH]c2c1F)N1C[C@@H](C(F)(F)F)NC1=O. The van der Waals surface area contributed by atoms with Crippen LogP contribution in [-0.2, 0) is 9.47 Å². The van der Waals surface area contributed by atoms with Gasteiger partial charge >= 0.3 is 18.4 Å². The van der Waals surface area contributed by atoms with Gasteiger partial charge in [0.05, 0.1) is 30.8 Å². The molecule has 4 rings (SSSR count). The lowest BCUT2D eigenvalue weighted by Gasteiger charge is -2.27. The van der Waals surface area contributed by atoms with Crippen LogP contribution in [0.1, 0.15) is 53.5 Å². The highest BCUT2D eigenvalue weighted by Crippen LogP contribution is 2.34. The highest BCUT2D eigenvalue weighted by atomic mass is 19.4. The van der Waals surface area contributed by atoms with Crippen molar-refractivity contribution in [3.05, 3.63) is 40.7 Å². The fourth-order valence-corrected chi connectivity index (χ4v) is 4.53. The molecule has 0 unspecified atom stereocenters. The number of carbonyl (C=O) groups excluding carboxylic acids is 2. The van der Waals surface area contributed by atoms with E-state index in [1.54, 1.807) is 0 Å². The fraction of sp³-hybridized carbons (Fsp3) is 0.542. The number of ether oxygens (including phenoxy) is 2. The van der Waals surface area contributed by atoms with E-state index in [0.717, 1.165) is 11.8 Å². The van der Waals surface area contributed by atoms with Crippen LogP contribution in [0.5, 0.6) is 0 Å². The summed E-state index contributed by atoms with van der Waals surface area (Å²) in [6.07, 6.45) is -13.1. The summed E-state index contributed by atoms with van der Waals surface area (Å²) in [6, 6.07) is -3.49. The first-order valence-electron chi connectivity index (χ1n) is 12.7. The van der Waals surface area contributed by atoms with Crippen LogP contribution in [0.15, 0.2) is 16.8 Å². The van der Waals surface area contributed by atoms with Crippen LogP contribution in [0.4, 0.5) is 35.5 Å². The summed E-state index contributed by atoms with van der Waals surface area (Å²) in [4.78, 5) is 32.9. The monoisotopic (exact) mass is 625 g/mol. The molecule has 2 aromatic heterocycles. The van der Waals surface area contributed by atoms with E-state index in [1.165, 1.54) is 33.1 Å². The molecule has 1 aliphatic rings. The number of aromatic amines is 1. The Balaban J connectivity index is 1.71.